The topological polar surface area (TPSA) is 40.6 Å². The fourth-order valence-corrected chi connectivity index (χ4v) is 4.31. The maximum absolute atomic E-state index is 12.9. The van der Waals surface area contributed by atoms with Gasteiger partial charge in [-0.2, -0.15) is 0 Å². The van der Waals surface area contributed by atoms with Crippen LogP contribution in [0.1, 0.15) is 23.3 Å². The van der Waals surface area contributed by atoms with Gasteiger partial charge in [0.25, 0.3) is 0 Å². The van der Waals surface area contributed by atoms with E-state index in [0.29, 0.717) is 19.5 Å². The fraction of sp³-hybridized carbons (Fsp3) is 0.368. The number of carbonyl (C=O) groups is 2. The van der Waals surface area contributed by atoms with Crippen molar-refractivity contribution in [1.29, 1.82) is 0 Å². The van der Waals surface area contributed by atoms with Crippen LogP contribution < -0.4 is 0 Å². The number of hydrogen-bond acceptors (Lipinski definition) is 3. The summed E-state index contributed by atoms with van der Waals surface area (Å²) < 4.78 is 0.992. The van der Waals surface area contributed by atoms with Crippen LogP contribution in [-0.2, 0) is 22.6 Å². The highest BCUT2D eigenvalue weighted by Gasteiger charge is 2.35. The van der Waals surface area contributed by atoms with Crippen LogP contribution in [0.2, 0.25) is 0 Å². The van der Waals surface area contributed by atoms with Crippen LogP contribution in [0.3, 0.4) is 0 Å². The van der Waals surface area contributed by atoms with Crippen LogP contribution >= 0.6 is 27.3 Å². The van der Waals surface area contributed by atoms with E-state index in [-0.39, 0.29) is 17.9 Å². The number of rotatable bonds is 5. The quantitative estimate of drug-likeness (QED) is 0.739. The second-order valence-corrected chi connectivity index (χ2v) is 8.17. The summed E-state index contributed by atoms with van der Waals surface area (Å²) >= 11 is 5.11. The van der Waals surface area contributed by atoms with Crippen molar-refractivity contribution in [2.24, 2.45) is 0 Å². The van der Waals surface area contributed by atoms with Gasteiger partial charge in [-0.15, -0.1) is 11.3 Å². The van der Waals surface area contributed by atoms with Gasteiger partial charge in [0, 0.05) is 29.5 Å². The summed E-state index contributed by atoms with van der Waals surface area (Å²) in [5.41, 5.74) is 1.06. The van der Waals surface area contributed by atoms with E-state index in [1.807, 2.05) is 48.8 Å². The monoisotopic (exact) mass is 420 g/mol. The largest absolute Gasteiger partial charge is 0.340 e. The van der Waals surface area contributed by atoms with Crippen LogP contribution in [0.5, 0.6) is 0 Å². The minimum atomic E-state index is -0.333. The van der Waals surface area contributed by atoms with Gasteiger partial charge in [-0.3, -0.25) is 9.59 Å². The average molecular weight is 421 g/mol. The smallest absolute Gasteiger partial charge is 0.245 e. The molecule has 4 nitrogen and oxygen atoms in total. The number of benzene rings is 1. The van der Waals surface area contributed by atoms with Gasteiger partial charge in [0.05, 0.1) is 6.42 Å². The molecule has 3 rings (SSSR count). The molecular weight excluding hydrogens is 400 g/mol. The Kier molecular flexibility index (Phi) is 5.91. The fourth-order valence-electron chi connectivity index (χ4n) is 3.20. The number of halogens is 1. The number of likely N-dealkylation sites (N-methyl/N-ethyl adjacent to an activating group) is 1. The van der Waals surface area contributed by atoms with Crippen LogP contribution in [-0.4, -0.2) is 41.2 Å². The summed E-state index contributed by atoms with van der Waals surface area (Å²) in [6, 6.07) is 11.5. The van der Waals surface area contributed by atoms with Gasteiger partial charge < -0.3 is 9.80 Å². The molecule has 1 aliphatic heterocycles. The Morgan fingerprint density at radius 2 is 2.08 bits per heavy atom. The Balaban J connectivity index is 1.65. The minimum Gasteiger partial charge on any atom is -0.340 e. The standard InChI is InChI=1S/C19H21BrN2O2S/c1-21(13-14-6-2-3-8-16(14)20)19(24)17-9-4-10-22(17)18(23)12-15-7-5-11-25-15/h2-3,5-8,11,17H,4,9-10,12-13H2,1H3. The summed E-state index contributed by atoms with van der Waals surface area (Å²) in [7, 11) is 1.81. The highest BCUT2D eigenvalue weighted by Crippen LogP contribution is 2.23. The molecule has 0 aliphatic carbocycles. The number of hydrogen-bond donors (Lipinski definition) is 0. The second-order valence-electron chi connectivity index (χ2n) is 6.29. The van der Waals surface area contributed by atoms with Crippen molar-refractivity contribution in [2.45, 2.75) is 31.8 Å². The number of carbonyl (C=O) groups excluding carboxylic acids is 2. The molecule has 1 atom stereocenters. The predicted molar refractivity (Wildman–Crippen MR) is 103 cm³/mol. The van der Waals surface area contributed by atoms with Crippen LogP contribution in [0.25, 0.3) is 0 Å². The Bertz CT molecular complexity index is 748. The molecular formula is C19H21BrN2O2S. The summed E-state index contributed by atoms with van der Waals surface area (Å²) in [6.07, 6.45) is 2.01. The first-order valence-electron chi connectivity index (χ1n) is 8.36. The van der Waals surface area contributed by atoms with Gasteiger partial charge >= 0.3 is 0 Å². The van der Waals surface area contributed by atoms with Crippen molar-refractivity contribution < 1.29 is 9.59 Å². The molecule has 0 saturated carbocycles. The molecule has 1 unspecified atom stereocenters. The molecule has 0 radical (unpaired) electrons. The minimum absolute atomic E-state index is 0.0211. The van der Waals surface area contributed by atoms with Crippen molar-refractivity contribution >= 4 is 39.1 Å². The van der Waals surface area contributed by atoms with Crippen molar-refractivity contribution in [1.82, 2.24) is 9.80 Å². The molecule has 132 valence electrons. The zero-order valence-electron chi connectivity index (χ0n) is 14.2. The molecule has 0 spiro atoms. The normalized spacial score (nSPS) is 16.9. The lowest BCUT2D eigenvalue weighted by atomic mass is 10.1. The molecule has 6 heteroatoms. The van der Waals surface area contributed by atoms with Crippen molar-refractivity contribution in [3.8, 4) is 0 Å². The van der Waals surface area contributed by atoms with Gasteiger partial charge in [-0.05, 0) is 35.9 Å². The Morgan fingerprint density at radius 1 is 1.28 bits per heavy atom. The molecule has 0 N–H and O–H groups in total. The van der Waals surface area contributed by atoms with Crippen molar-refractivity contribution in [3.05, 3.63) is 56.7 Å². The molecule has 2 heterocycles. The Morgan fingerprint density at radius 3 is 2.80 bits per heavy atom. The van der Waals surface area contributed by atoms with E-state index in [1.54, 1.807) is 21.1 Å². The molecule has 2 amide bonds. The Labute approximate surface area is 160 Å². The first kappa shape index (κ1) is 18.1. The number of thiophene rings is 1. The lowest BCUT2D eigenvalue weighted by molar-refractivity contribution is -0.143. The third kappa shape index (κ3) is 4.30. The third-order valence-electron chi connectivity index (χ3n) is 4.51. The number of nitrogens with zero attached hydrogens (tertiary/aromatic N) is 2. The molecule has 25 heavy (non-hydrogen) atoms. The van der Waals surface area contributed by atoms with E-state index in [9.17, 15) is 9.59 Å². The molecule has 1 fully saturated rings. The zero-order chi connectivity index (χ0) is 17.8. The van der Waals surface area contributed by atoms with Crippen molar-refractivity contribution in [2.75, 3.05) is 13.6 Å². The summed E-state index contributed by atoms with van der Waals surface area (Å²) in [5.74, 6) is 0.0698. The van der Waals surface area contributed by atoms with E-state index in [2.05, 4.69) is 15.9 Å². The van der Waals surface area contributed by atoms with Gasteiger partial charge in [-0.25, -0.2) is 0 Å². The van der Waals surface area contributed by atoms with E-state index in [1.165, 1.54) is 0 Å². The third-order valence-corrected chi connectivity index (χ3v) is 6.16. The van der Waals surface area contributed by atoms with Crippen molar-refractivity contribution in [3.63, 3.8) is 0 Å². The lowest BCUT2D eigenvalue weighted by Gasteiger charge is -2.28. The lowest BCUT2D eigenvalue weighted by Crippen LogP contribution is -2.46. The average Bonchev–Trinajstić information content (AvgIpc) is 3.27. The molecule has 2 aromatic rings. The highest BCUT2D eigenvalue weighted by atomic mass is 79.9. The first-order valence-corrected chi connectivity index (χ1v) is 10.0. The summed E-state index contributed by atoms with van der Waals surface area (Å²) in [5, 5.41) is 1.97. The highest BCUT2D eigenvalue weighted by molar-refractivity contribution is 9.10. The zero-order valence-corrected chi connectivity index (χ0v) is 16.6. The second kappa shape index (κ2) is 8.15. The molecule has 1 saturated heterocycles. The maximum Gasteiger partial charge on any atom is 0.245 e. The Hall–Kier alpha value is -1.66. The predicted octanol–water partition coefficient (Wildman–Crippen LogP) is 3.70. The van der Waals surface area contributed by atoms with E-state index in [0.717, 1.165) is 27.8 Å². The van der Waals surface area contributed by atoms with E-state index >= 15 is 0 Å². The summed E-state index contributed by atoms with van der Waals surface area (Å²) in [4.78, 5) is 30.0. The van der Waals surface area contributed by atoms with Crippen LogP contribution in [0.15, 0.2) is 46.3 Å². The molecule has 1 aromatic heterocycles. The van der Waals surface area contributed by atoms with E-state index in [4.69, 9.17) is 0 Å². The van der Waals surface area contributed by atoms with Gasteiger partial charge in [-0.1, -0.05) is 40.2 Å². The maximum atomic E-state index is 12.9. The van der Waals surface area contributed by atoms with Gasteiger partial charge in [0.1, 0.15) is 6.04 Å². The molecule has 1 aromatic carbocycles. The SMILES string of the molecule is CN(Cc1ccccc1Br)C(=O)C1CCCN1C(=O)Cc1cccs1. The van der Waals surface area contributed by atoms with Crippen LogP contribution in [0.4, 0.5) is 0 Å². The summed E-state index contributed by atoms with van der Waals surface area (Å²) in [6.45, 7) is 1.20. The van der Waals surface area contributed by atoms with Gasteiger partial charge in [0.2, 0.25) is 11.8 Å². The molecule has 1 aliphatic rings. The van der Waals surface area contributed by atoms with Crippen LogP contribution in [0, 0.1) is 0 Å². The number of likely N-dealkylation sites (tertiary alicyclic amines) is 1. The first-order chi connectivity index (χ1) is 12.1. The van der Waals surface area contributed by atoms with E-state index < -0.39 is 0 Å². The number of amides is 2. The molecule has 0 bridgehead atoms. The van der Waals surface area contributed by atoms with Gasteiger partial charge in [0.15, 0.2) is 0 Å².